The molecule has 0 aliphatic heterocycles. The molecule has 0 fully saturated rings. The van der Waals surface area contributed by atoms with Crippen molar-refractivity contribution < 1.29 is 18.0 Å². The van der Waals surface area contributed by atoms with Gasteiger partial charge >= 0.3 is 0 Å². The van der Waals surface area contributed by atoms with Crippen LogP contribution in [0, 0.1) is 0 Å². The highest BCUT2D eigenvalue weighted by atomic mass is 79.9. The smallest absolute Gasteiger partial charge is 0.244 e. The molecule has 0 bridgehead atoms. The lowest BCUT2D eigenvalue weighted by Gasteiger charge is -2.33. The molecule has 1 N–H and O–H groups in total. The van der Waals surface area contributed by atoms with Gasteiger partial charge in [0.15, 0.2) is 0 Å². The molecule has 10 heteroatoms. The van der Waals surface area contributed by atoms with E-state index in [-0.39, 0.29) is 18.9 Å². The van der Waals surface area contributed by atoms with Crippen molar-refractivity contribution in [3.05, 3.63) is 99.5 Å². The molecule has 3 aromatic rings. The third-order valence-electron chi connectivity index (χ3n) is 5.92. The van der Waals surface area contributed by atoms with Gasteiger partial charge in [-0.15, -0.1) is 0 Å². The quantitative estimate of drug-likeness (QED) is 0.308. The van der Waals surface area contributed by atoms with E-state index in [0.29, 0.717) is 27.3 Å². The highest BCUT2D eigenvalue weighted by Crippen LogP contribution is 2.28. The highest BCUT2D eigenvalue weighted by molar-refractivity contribution is 9.10. The van der Waals surface area contributed by atoms with E-state index in [1.54, 1.807) is 48.5 Å². The summed E-state index contributed by atoms with van der Waals surface area (Å²) in [5.41, 5.74) is 1.85. The first-order chi connectivity index (χ1) is 18.1. The van der Waals surface area contributed by atoms with Gasteiger partial charge in [0, 0.05) is 29.0 Å². The Hall–Kier alpha value is -2.88. The van der Waals surface area contributed by atoms with Crippen molar-refractivity contribution in [3.8, 4) is 0 Å². The number of rotatable bonds is 12. The summed E-state index contributed by atoms with van der Waals surface area (Å²) in [7, 11) is -3.84. The molecule has 0 heterocycles. The summed E-state index contributed by atoms with van der Waals surface area (Å²) in [6.45, 7) is 1.94. The number of carbonyl (C=O) groups is 2. The number of nitrogens with zero attached hydrogens (tertiary/aromatic N) is 2. The van der Waals surface area contributed by atoms with E-state index in [4.69, 9.17) is 11.6 Å². The molecule has 7 nitrogen and oxygen atoms in total. The topological polar surface area (TPSA) is 86.8 Å². The van der Waals surface area contributed by atoms with Crippen molar-refractivity contribution >= 4 is 55.1 Å². The van der Waals surface area contributed by atoms with Gasteiger partial charge in [-0.05, 0) is 51.7 Å². The average Bonchev–Trinajstić information content (AvgIpc) is 2.89. The molecule has 0 unspecified atom stereocenters. The number of carbonyl (C=O) groups excluding carboxylic acids is 2. The van der Waals surface area contributed by atoms with Crippen LogP contribution in [-0.2, 0) is 32.6 Å². The Morgan fingerprint density at radius 1 is 0.974 bits per heavy atom. The van der Waals surface area contributed by atoms with E-state index < -0.39 is 28.5 Å². The molecule has 38 heavy (non-hydrogen) atoms. The number of halogens is 2. The summed E-state index contributed by atoms with van der Waals surface area (Å²) in [4.78, 5) is 28.9. The minimum absolute atomic E-state index is 0.0309. The third-order valence-corrected chi connectivity index (χ3v) is 8.08. The summed E-state index contributed by atoms with van der Waals surface area (Å²) in [6.07, 6.45) is 2.03. The fourth-order valence-electron chi connectivity index (χ4n) is 3.98. The van der Waals surface area contributed by atoms with Crippen LogP contribution in [0.3, 0.4) is 0 Å². The normalized spacial score (nSPS) is 12.0. The van der Waals surface area contributed by atoms with Crippen LogP contribution in [0.1, 0.15) is 24.5 Å². The van der Waals surface area contributed by atoms with Gasteiger partial charge in [0.2, 0.25) is 21.8 Å². The molecule has 3 aromatic carbocycles. The lowest BCUT2D eigenvalue weighted by atomic mass is 10.0. The molecule has 0 aromatic heterocycles. The molecule has 0 aliphatic rings. The summed E-state index contributed by atoms with van der Waals surface area (Å²) >= 11 is 9.84. The van der Waals surface area contributed by atoms with Crippen LogP contribution < -0.4 is 9.62 Å². The van der Waals surface area contributed by atoms with E-state index >= 15 is 0 Å². The Balaban J connectivity index is 2.06. The second-order valence-corrected chi connectivity index (χ2v) is 12.0. The van der Waals surface area contributed by atoms with Crippen molar-refractivity contribution in [2.45, 2.75) is 32.4 Å². The van der Waals surface area contributed by atoms with Crippen molar-refractivity contribution in [3.63, 3.8) is 0 Å². The molecule has 2 amide bonds. The second-order valence-electron chi connectivity index (χ2n) is 8.83. The van der Waals surface area contributed by atoms with Crippen LogP contribution in [0.2, 0.25) is 5.02 Å². The van der Waals surface area contributed by atoms with E-state index in [0.717, 1.165) is 22.5 Å². The van der Waals surface area contributed by atoms with Gasteiger partial charge in [0.1, 0.15) is 12.6 Å². The van der Waals surface area contributed by atoms with Crippen LogP contribution in [0.4, 0.5) is 5.69 Å². The SMILES string of the molecule is CCCNC(=O)[C@H](Cc1ccccc1)N(Cc1ccccc1Cl)C(=O)CN(c1ccccc1Br)S(C)(=O)=O. The standard InChI is InChI=1S/C28H31BrClN3O4S/c1-3-17-31-28(35)26(18-21-11-5-4-6-12-21)32(19-22-13-7-9-15-24(22)30)27(34)20-33(38(2,36)37)25-16-10-8-14-23(25)29/h4-16,26H,3,17-20H2,1-2H3,(H,31,35)/t26-/m0/s1. The first kappa shape index (κ1) is 29.7. The zero-order valence-electron chi connectivity index (χ0n) is 21.3. The Morgan fingerprint density at radius 2 is 1.61 bits per heavy atom. The first-order valence-electron chi connectivity index (χ1n) is 12.2. The van der Waals surface area contributed by atoms with Crippen molar-refractivity contribution in [2.24, 2.45) is 0 Å². The molecule has 0 radical (unpaired) electrons. The minimum Gasteiger partial charge on any atom is -0.354 e. The molecule has 0 saturated heterocycles. The van der Waals surface area contributed by atoms with Gasteiger partial charge in [-0.1, -0.05) is 79.2 Å². The van der Waals surface area contributed by atoms with Crippen LogP contribution >= 0.6 is 27.5 Å². The van der Waals surface area contributed by atoms with Crippen LogP contribution in [-0.4, -0.2) is 50.5 Å². The molecule has 202 valence electrons. The lowest BCUT2D eigenvalue weighted by Crippen LogP contribution is -2.53. The monoisotopic (exact) mass is 619 g/mol. The lowest BCUT2D eigenvalue weighted by molar-refractivity contribution is -0.140. The molecule has 0 saturated carbocycles. The Morgan fingerprint density at radius 3 is 2.24 bits per heavy atom. The summed E-state index contributed by atoms with van der Waals surface area (Å²) < 4.78 is 27.2. The number of anilines is 1. The molecule has 0 spiro atoms. The summed E-state index contributed by atoms with van der Waals surface area (Å²) in [5.74, 6) is -0.846. The van der Waals surface area contributed by atoms with Gasteiger partial charge in [-0.3, -0.25) is 13.9 Å². The fraction of sp³-hybridized carbons (Fsp3) is 0.286. The Labute approximate surface area is 238 Å². The predicted octanol–water partition coefficient (Wildman–Crippen LogP) is 5.03. The first-order valence-corrected chi connectivity index (χ1v) is 15.2. The number of hydrogen-bond donors (Lipinski definition) is 1. The zero-order valence-corrected chi connectivity index (χ0v) is 24.5. The van der Waals surface area contributed by atoms with Crippen molar-refractivity contribution in [2.75, 3.05) is 23.7 Å². The molecule has 3 rings (SSSR count). The maximum atomic E-state index is 14.0. The van der Waals surface area contributed by atoms with Crippen molar-refractivity contribution in [1.29, 1.82) is 0 Å². The number of sulfonamides is 1. The number of amides is 2. The van der Waals surface area contributed by atoms with Gasteiger partial charge in [-0.2, -0.15) is 0 Å². The molecular weight excluding hydrogens is 590 g/mol. The zero-order chi connectivity index (χ0) is 27.7. The largest absolute Gasteiger partial charge is 0.354 e. The number of para-hydroxylation sites is 1. The predicted molar refractivity (Wildman–Crippen MR) is 156 cm³/mol. The van der Waals surface area contributed by atoms with Gasteiger partial charge in [-0.25, -0.2) is 8.42 Å². The summed E-state index contributed by atoms with van der Waals surface area (Å²) in [5, 5.41) is 3.36. The number of hydrogen-bond acceptors (Lipinski definition) is 4. The van der Waals surface area contributed by atoms with Crippen LogP contribution in [0.5, 0.6) is 0 Å². The minimum atomic E-state index is -3.84. The Kier molecular flexibility index (Phi) is 10.8. The van der Waals surface area contributed by atoms with Crippen molar-refractivity contribution in [1.82, 2.24) is 10.2 Å². The number of nitrogens with one attached hydrogen (secondary N) is 1. The van der Waals surface area contributed by atoms with E-state index in [1.807, 2.05) is 37.3 Å². The van der Waals surface area contributed by atoms with E-state index in [9.17, 15) is 18.0 Å². The van der Waals surface area contributed by atoms with E-state index in [2.05, 4.69) is 21.2 Å². The van der Waals surface area contributed by atoms with E-state index in [1.165, 1.54) is 4.90 Å². The average molecular weight is 621 g/mol. The van der Waals surface area contributed by atoms with Gasteiger partial charge < -0.3 is 10.2 Å². The Bertz CT molecular complexity index is 1350. The molecular formula is C28H31BrClN3O4S. The highest BCUT2D eigenvalue weighted by Gasteiger charge is 2.33. The summed E-state index contributed by atoms with van der Waals surface area (Å²) in [6, 6.07) is 22.4. The van der Waals surface area contributed by atoms with Crippen LogP contribution in [0.15, 0.2) is 83.3 Å². The fourth-order valence-corrected chi connectivity index (χ4v) is 5.65. The maximum absolute atomic E-state index is 14.0. The third kappa shape index (κ3) is 8.06. The maximum Gasteiger partial charge on any atom is 0.244 e. The number of benzene rings is 3. The molecule has 0 aliphatic carbocycles. The van der Waals surface area contributed by atoms with Gasteiger partial charge in [0.05, 0.1) is 11.9 Å². The molecule has 1 atom stereocenters. The second kappa shape index (κ2) is 13.8. The van der Waals surface area contributed by atoms with Crippen LogP contribution in [0.25, 0.3) is 0 Å². The van der Waals surface area contributed by atoms with Gasteiger partial charge in [0.25, 0.3) is 0 Å².